The summed E-state index contributed by atoms with van der Waals surface area (Å²) in [6.45, 7) is 2.88. The number of rotatable bonds is 6. The van der Waals surface area contributed by atoms with Gasteiger partial charge in [-0.3, -0.25) is 0 Å². The van der Waals surface area contributed by atoms with Crippen molar-refractivity contribution in [3.63, 3.8) is 0 Å². The highest BCUT2D eigenvalue weighted by Gasteiger charge is 2.15. The highest BCUT2D eigenvalue weighted by Crippen LogP contribution is 2.21. The molecular weight excluding hydrogens is 284 g/mol. The van der Waals surface area contributed by atoms with Crippen LogP contribution < -0.4 is 0 Å². The molecule has 0 radical (unpaired) electrons. The van der Waals surface area contributed by atoms with Crippen LogP contribution in [0.25, 0.3) is 11.5 Å². The second kappa shape index (κ2) is 6.24. The van der Waals surface area contributed by atoms with Crippen molar-refractivity contribution in [1.29, 1.82) is 0 Å². The zero-order valence-corrected chi connectivity index (χ0v) is 12.7. The van der Waals surface area contributed by atoms with E-state index < -0.39 is 0 Å². The second-order valence-corrected chi connectivity index (χ2v) is 6.14. The SMILES string of the molecule is Cc1[nH]cnc1-c1nccn1CC(CO)Cc1cccs1. The van der Waals surface area contributed by atoms with E-state index in [9.17, 15) is 5.11 Å². The molecule has 21 heavy (non-hydrogen) atoms. The van der Waals surface area contributed by atoms with Crippen LogP contribution in [0.3, 0.4) is 0 Å². The van der Waals surface area contributed by atoms with Gasteiger partial charge in [0, 0.05) is 42.0 Å². The van der Waals surface area contributed by atoms with Crippen LogP contribution in [-0.4, -0.2) is 31.2 Å². The lowest BCUT2D eigenvalue weighted by Gasteiger charge is -2.15. The van der Waals surface area contributed by atoms with Gasteiger partial charge in [-0.25, -0.2) is 9.97 Å². The summed E-state index contributed by atoms with van der Waals surface area (Å²) in [6, 6.07) is 4.16. The number of aromatic nitrogens is 4. The summed E-state index contributed by atoms with van der Waals surface area (Å²) in [5.74, 6) is 1.02. The lowest BCUT2D eigenvalue weighted by atomic mass is 10.1. The molecule has 0 saturated heterocycles. The maximum atomic E-state index is 9.65. The number of hydrogen-bond acceptors (Lipinski definition) is 4. The highest BCUT2D eigenvalue weighted by molar-refractivity contribution is 7.09. The Kier molecular flexibility index (Phi) is 4.17. The summed E-state index contributed by atoms with van der Waals surface area (Å²) >= 11 is 1.73. The van der Waals surface area contributed by atoms with E-state index in [0.717, 1.165) is 30.2 Å². The molecule has 0 spiro atoms. The average molecular weight is 302 g/mol. The molecule has 0 aliphatic carbocycles. The largest absolute Gasteiger partial charge is 0.396 e. The number of imidazole rings is 2. The van der Waals surface area contributed by atoms with E-state index in [1.807, 2.05) is 19.2 Å². The van der Waals surface area contributed by atoms with E-state index >= 15 is 0 Å². The maximum absolute atomic E-state index is 9.65. The van der Waals surface area contributed by atoms with E-state index in [-0.39, 0.29) is 12.5 Å². The minimum Gasteiger partial charge on any atom is -0.396 e. The Morgan fingerprint density at radius 3 is 3.00 bits per heavy atom. The highest BCUT2D eigenvalue weighted by atomic mass is 32.1. The fourth-order valence-corrected chi connectivity index (χ4v) is 3.26. The standard InChI is InChI=1S/C15H18N4OS/c1-11-14(18-10-17-11)15-16-4-5-19(15)8-12(9-20)7-13-3-2-6-21-13/h2-6,10,12,20H,7-9H2,1H3,(H,17,18). The first-order chi connectivity index (χ1) is 10.3. The molecule has 0 fully saturated rings. The van der Waals surface area contributed by atoms with Crippen LogP contribution in [0, 0.1) is 12.8 Å². The lowest BCUT2D eigenvalue weighted by molar-refractivity contribution is 0.211. The summed E-state index contributed by atoms with van der Waals surface area (Å²) < 4.78 is 2.07. The van der Waals surface area contributed by atoms with Crippen molar-refractivity contribution in [1.82, 2.24) is 19.5 Å². The molecule has 0 aromatic carbocycles. The number of aliphatic hydroxyl groups is 1. The monoisotopic (exact) mass is 302 g/mol. The smallest absolute Gasteiger partial charge is 0.160 e. The van der Waals surface area contributed by atoms with Gasteiger partial charge >= 0.3 is 0 Å². The zero-order valence-electron chi connectivity index (χ0n) is 11.9. The van der Waals surface area contributed by atoms with Crippen molar-refractivity contribution < 1.29 is 5.11 Å². The Morgan fingerprint density at radius 1 is 1.43 bits per heavy atom. The summed E-state index contributed by atoms with van der Waals surface area (Å²) in [5, 5.41) is 11.7. The molecule has 5 nitrogen and oxygen atoms in total. The molecule has 110 valence electrons. The van der Waals surface area contributed by atoms with Gasteiger partial charge in [-0.2, -0.15) is 0 Å². The third-order valence-electron chi connectivity index (χ3n) is 3.54. The summed E-state index contributed by atoms with van der Waals surface area (Å²) in [4.78, 5) is 13.1. The molecule has 3 aromatic heterocycles. The van der Waals surface area contributed by atoms with E-state index in [2.05, 4.69) is 31.0 Å². The van der Waals surface area contributed by atoms with Crippen LogP contribution in [-0.2, 0) is 13.0 Å². The first kappa shape index (κ1) is 14.0. The predicted molar refractivity (Wildman–Crippen MR) is 83.1 cm³/mol. The second-order valence-electron chi connectivity index (χ2n) is 5.11. The van der Waals surface area contributed by atoms with Gasteiger partial charge < -0.3 is 14.7 Å². The minimum atomic E-state index is 0.162. The zero-order chi connectivity index (χ0) is 14.7. The molecule has 0 saturated carbocycles. The molecule has 2 N–H and O–H groups in total. The molecule has 0 aliphatic heterocycles. The number of nitrogens with one attached hydrogen (secondary N) is 1. The van der Waals surface area contributed by atoms with Gasteiger partial charge in [0.1, 0.15) is 5.69 Å². The van der Waals surface area contributed by atoms with Gasteiger partial charge in [-0.05, 0) is 24.8 Å². The Morgan fingerprint density at radius 2 is 2.33 bits per heavy atom. The van der Waals surface area contributed by atoms with Crippen LogP contribution in [0.5, 0.6) is 0 Å². The number of H-pyrrole nitrogens is 1. The van der Waals surface area contributed by atoms with Gasteiger partial charge in [-0.1, -0.05) is 6.07 Å². The third-order valence-corrected chi connectivity index (χ3v) is 4.44. The van der Waals surface area contributed by atoms with Crippen molar-refractivity contribution in [3.05, 3.63) is 46.8 Å². The molecule has 3 heterocycles. The third kappa shape index (κ3) is 3.06. The quantitative estimate of drug-likeness (QED) is 0.735. The molecule has 0 aliphatic rings. The molecule has 0 amide bonds. The Bertz CT molecular complexity index is 686. The summed E-state index contributed by atoms with van der Waals surface area (Å²) in [6.07, 6.45) is 6.29. The Balaban J connectivity index is 1.78. The van der Waals surface area contributed by atoms with Crippen molar-refractivity contribution >= 4 is 11.3 Å². The van der Waals surface area contributed by atoms with Crippen LogP contribution in [0.2, 0.25) is 0 Å². The number of aryl methyl sites for hydroxylation is 1. The lowest BCUT2D eigenvalue weighted by Crippen LogP contribution is -2.17. The van der Waals surface area contributed by atoms with Gasteiger partial charge in [0.25, 0.3) is 0 Å². The Hall–Kier alpha value is -1.92. The van der Waals surface area contributed by atoms with Gasteiger partial charge in [0.15, 0.2) is 5.82 Å². The number of nitrogens with zero attached hydrogens (tertiary/aromatic N) is 3. The molecule has 1 unspecified atom stereocenters. The van der Waals surface area contributed by atoms with Crippen LogP contribution in [0.1, 0.15) is 10.6 Å². The molecule has 0 bridgehead atoms. The van der Waals surface area contributed by atoms with Crippen molar-refractivity contribution in [2.45, 2.75) is 19.9 Å². The number of hydrogen-bond donors (Lipinski definition) is 2. The maximum Gasteiger partial charge on any atom is 0.160 e. The molecule has 1 atom stereocenters. The number of aliphatic hydroxyl groups excluding tert-OH is 1. The van der Waals surface area contributed by atoms with Crippen LogP contribution in [0.4, 0.5) is 0 Å². The van der Waals surface area contributed by atoms with Gasteiger partial charge in [0.2, 0.25) is 0 Å². The first-order valence-electron chi connectivity index (χ1n) is 6.92. The topological polar surface area (TPSA) is 66.7 Å². The molecule has 3 aromatic rings. The molecular formula is C15H18N4OS. The summed E-state index contributed by atoms with van der Waals surface area (Å²) in [5.41, 5.74) is 1.87. The van der Waals surface area contributed by atoms with Gasteiger partial charge in [-0.15, -0.1) is 11.3 Å². The van der Waals surface area contributed by atoms with Crippen molar-refractivity contribution in [3.8, 4) is 11.5 Å². The fourth-order valence-electron chi connectivity index (χ4n) is 2.44. The van der Waals surface area contributed by atoms with E-state index in [1.165, 1.54) is 4.88 Å². The van der Waals surface area contributed by atoms with Crippen molar-refractivity contribution in [2.24, 2.45) is 5.92 Å². The first-order valence-corrected chi connectivity index (χ1v) is 7.80. The van der Waals surface area contributed by atoms with E-state index in [0.29, 0.717) is 0 Å². The van der Waals surface area contributed by atoms with Crippen LogP contribution >= 0.6 is 11.3 Å². The number of thiophene rings is 1. The Labute approximate surface area is 127 Å². The fraction of sp³-hybridized carbons (Fsp3) is 0.333. The molecule has 6 heteroatoms. The molecule has 3 rings (SSSR count). The average Bonchev–Trinajstić information content (AvgIpc) is 3.20. The van der Waals surface area contributed by atoms with Gasteiger partial charge in [0.05, 0.1) is 6.33 Å². The van der Waals surface area contributed by atoms with Crippen LogP contribution in [0.15, 0.2) is 36.2 Å². The minimum absolute atomic E-state index is 0.162. The number of aromatic amines is 1. The summed E-state index contributed by atoms with van der Waals surface area (Å²) in [7, 11) is 0. The van der Waals surface area contributed by atoms with Crippen molar-refractivity contribution in [2.75, 3.05) is 6.61 Å². The predicted octanol–water partition coefficient (Wildman–Crippen LogP) is 2.49. The normalized spacial score (nSPS) is 12.7. The van der Waals surface area contributed by atoms with E-state index in [4.69, 9.17) is 0 Å². The van der Waals surface area contributed by atoms with E-state index in [1.54, 1.807) is 23.9 Å².